The van der Waals surface area contributed by atoms with Gasteiger partial charge in [0.15, 0.2) is 5.13 Å². The van der Waals surface area contributed by atoms with E-state index in [1.807, 2.05) is 11.4 Å². The molecule has 1 saturated carbocycles. The van der Waals surface area contributed by atoms with Gasteiger partial charge in [0.05, 0.1) is 10.6 Å². The van der Waals surface area contributed by atoms with E-state index in [0.29, 0.717) is 16.4 Å². The normalized spacial score (nSPS) is 13.2. The minimum absolute atomic E-state index is 0.245. The van der Waals surface area contributed by atoms with Gasteiger partial charge in [-0.05, 0) is 50.1 Å². The molecule has 27 heavy (non-hydrogen) atoms. The molecule has 2 aromatic heterocycles. The number of thiophene rings is 1. The number of anilines is 2. The Hall–Kier alpha value is -2.71. The van der Waals surface area contributed by atoms with Crippen molar-refractivity contribution in [3.63, 3.8) is 0 Å². The van der Waals surface area contributed by atoms with Gasteiger partial charge in [-0.15, -0.1) is 22.7 Å². The minimum atomic E-state index is -0.260. The van der Waals surface area contributed by atoms with Crippen molar-refractivity contribution < 1.29 is 9.59 Å². The van der Waals surface area contributed by atoms with Gasteiger partial charge in [-0.25, -0.2) is 9.78 Å². The second-order valence-electron chi connectivity index (χ2n) is 6.36. The molecule has 6 nitrogen and oxygen atoms in total. The molecular formula is C19H18N4O2S2. The molecule has 4 rings (SSSR count). The predicted octanol–water partition coefficient (Wildman–Crippen LogP) is 4.72. The summed E-state index contributed by atoms with van der Waals surface area (Å²) in [5.74, 6) is -0.260. The number of carbonyl (C=O) groups excluding carboxylic acids is 2. The summed E-state index contributed by atoms with van der Waals surface area (Å²) in [6.45, 7) is 2.05. The zero-order valence-corrected chi connectivity index (χ0v) is 16.2. The summed E-state index contributed by atoms with van der Waals surface area (Å²) in [5, 5.41) is 10.9. The molecule has 138 valence electrons. The molecule has 8 heteroatoms. The van der Waals surface area contributed by atoms with E-state index in [9.17, 15) is 9.59 Å². The van der Waals surface area contributed by atoms with Gasteiger partial charge in [0, 0.05) is 27.5 Å². The van der Waals surface area contributed by atoms with Crippen LogP contribution in [0.1, 0.15) is 28.1 Å². The Morgan fingerprint density at radius 3 is 2.74 bits per heavy atom. The van der Waals surface area contributed by atoms with E-state index in [0.717, 1.165) is 23.4 Å². The molecule has 3 N–H and O–H groups in total. The first-order valence-electron chi connectivity index (χ1n) is 8.58. The van der Waals surface area contributed by atoms with E-state index in [1.165, 1.54) is 16.2 Å². The predicted molar refractivity (Wildman–Crippen MR) is 110 cm³/mol. The Bertz CT molecular complexity index is 991. The Kier molecular flexibility index (Phi) is 4.91. The van der Waals surface area contributed by atoms with Gasteiger partial charge in [-0.3, -0.25) is 10.1 Å². The summed E-state index contributed by atoms with van der Waals surface area (Å²) in [7, 11) is 0. The lowest BCUT2D eigenvalue weighted by molar-refractivity contribution is 0.102. The fourth-order valence-corrected chi connectivity index (χ4v) is 4.11. The Labute approximate surface area is 164 Å². The summed E-state index contributed by atoms with van der Waals surface area (Å²) in [4.78, 5) is 31.2. The lowest BCUT2D eigenvalue weighted by Gasteiger charge is -2.08. The summed E-state index contributed by atoms with van der Waals surface area (Å²) >= 11 is 3.06. The molecule has 0 radical (unpaired) electrons. The second kappa shape index (κ2) is 7.50. The van der Waals surface area contributed by atoms with E-state index in [1.54, 1.807) is 35.6 Å². The number of urea groups is 1. The fraction of sp³-hybridized carbons (Fsp3) is 0.211. The van der Waals surface area contributed by atoms with E-state index in [2.05, 4.69) is 33.9 Å². The van der Waals surface area contributed by atoms with Crippen LogP contribution in [0.2, 0.25) is 0 Å². The maximum Gasteiger partial charge on any atom is 0.319 e. The first-order valence-corrected chi connectivity index (χ1v) is 10.3. The third kappa shape index (κ3) is 4.53. The summed E-state index contributed by atoms with van der Waals surface area (Å²) in [6, 6.07) is 11.0. The Morgan fingerprint density at radius 2 is 2.00 bits per heavy atom. The fourth-order valence-electron chi connectivity index (χ4n) is 2.50. The molecule has 0 spiro atoms. The zero-order valence-electron chi connectivity index (χ0n) is 14.6. The van der Waals surface area contributed by atoms with Crippen LogP contribution in [0.25, 0.3) is 10.6 Å². The number of aromatic nitrogens is 1. The van der Waals surface area contributed by atoms with Crippen LogP contribution in [0.4, 0.5) is 15.6 Å². The van der Waals surface area contributed by atoms with E-state index in [-0.39, 0.29) is 18.0 Å². The van der Waals surface area contributed by atoms with Crippen LogP contribution in [-0.2, 0) is 0 Å². The number of thiazole rings is 1. The average molecular weight is 399 g/mol. The van der Waals surface area contributed by atoms with Gasteiger partial charge in [0.1, 0.15) is 0 Å². The number of nitrogens with zero attached hydrogens (tertiary/aromatic N) is 1. The SMILES string of the molecule is Cc1ccc(-c2csc(NC(=O)c3cccc(NC(=O)NC4CC4)c3)n2)s1. The number of benzene rings is 1. The van der Waals surface area contributed by atoms with Crippen molar-refractivity contribution in [3.8, 4) is 10.6 Å². The van der Waals surface area contributed by atoms with Gasteiger partial charge in [0.25, 0.3) is 5.91 Å². The molecule has 3 amide bonds. The zero-order chi connectivity index (χ0) is 18.8. The van der Waals surface area contributed by atoms with Crippen LogP contribution in [0, 0.1) is 6.92 Å². The summed E-state index contributed by atoms with van der Waals surface area (Å²) in [6.07, 6.45) is 2.05. The maximum atomic E-state index is 12.5. The summed E-state index contributed by atoms with van der Waals surface area (Å²) in [5.41, 5.74) is 1.90. The standard InChI is InChI=1S/C19H18N4O2S2/c1-11-5-8-16(27-11)15-10-26-19(22-15)23-17(24)12-3-2-4-14(9-12)21-18(25)20-13-6-7-13/h2-5,8-10,13H,6-7H2,1H3,(H2,20,21,25)(H,22,23,24). The highest BCUT2D eigenvalue weighted by Crippen LogP contribution is 2.30. The summed E-state index contributed by atoms with van der Waals surface area (Å²) < 4.78 is 0. The number of carbonyl (C=O) groups is 2. The van der Waals surface area contributed by atoms with Crippen molar-refractivity contribution >= 4 is 45.4 Å². The molecule has 3 aromatic rings. The highest BCUT2D eigenvalue weighted by atomic mass is 32.1. The lowest BCUT2D eigenvalue weighted by Crippen LogP contribution is -2.30. The molecule has 1 aliphatic carbocycles. The van der Waals surface area contributed by atoms with Gasteiger partial charge < -0.3 is 10.6 Å². The largest absolute Gasteiger partial charge is 0.335 e. The van der Waals surface area contributed by atoms with Gasteiger partial charge in [-0.2, -0.15) is 0 Å². The molecule has 2 heterocycles. The molecule has 0 atom stereocenters. The van der Waals surface area contributed by atoms with Crippen molar-refractivity contribution in [1.29, 1.82) is 0 Å². The molecular weight excluding hydrogens is 380 g/mol. The van der Waals surface area contributed by atoms with Gasteiger partial charge in [0.2, 0.25) is 0 Å². The average Bonchev–Trinajstić information content (AvgIpc) is 3.14. The minimum Gasteiger partial charge on any atom is -0.335 e. The van der Waals surface area contributed by atoms with Crippen LogP contribution in [0.3, 0.4) is 0 Å². The van der Waals surface area contributed by atoms with E-state index < -0.39 is 0 Å². The van der Waals surface area contributed by atoms with Crippen molar-refractivity contribution in [2.24, 2.45) is 0 Å². The van der Waals surface area contributed by atoms with Crippen LogP contribution in [0.5, 0.6) is 0 Å². The second-order valence-corrected chi connectivity index (χ2v) is 8.50. The van der Waals surface area contributed by atoms with Crippen molar-refractivity contribution in [1.82, 2.24) is 10.3 Å². The third-order valence-electron chi connectivity index (χ3n) is 4.01. The molecule has 1 aromatic carbocycles. The highest BCUT2D eigenvalue weighted by molar-refractivity contribution is 7.17. The molecule has 1 fully saturated rings. The monoisotopic (exact) mass is 398 g/mol. The highest BCUT2D eigenvalue weighted by Gasteiger charge is 2.23. The molecule has 0 aliphatic heterocycles. The quantitative estimate of drug-likeness (QED) is 0.582. The van der Waals surface area contributed by atoms with Crippen molar-refractivity contribution in [2.45, 2.75) is 25.8 Å². The molecule has 0 saturated heterocycles. The van der Waals surface area contributed by atoms with Crippen LogP contribution in [-0.4, -0.2) is 23.0 Å². The van der Waals surface area contributed by atoms with Gasteiger partial charge >= 0.3 is 6.03 Å². The topological polar surface area (TPSA) is 83.1 Å². The van der Waals surface area contributed by atoms with E-state index >= 15 is 0 Å². The van der Waals surface area contributed by atoms with Gasteiger partial charge in [-0.1, -0.05) is 6.07 Å². The number of nitrogens with one attached hydrogen (secondary N) is 3. The van der Waals surface area contributed by atoms with E-state index in [4.69, 9.17) is 0 Å². The lowest BCUT2D eigenvalue weighted by atomic mass is 10.2. The Balaban J connectivity index is 1.41. The number of aryl methyl sites for hydroxylation is 1. The van der Waals surface area contributed by atoms with Crippen molar-refractivity contribution in [2.75, 3.05) is 10.6 Å². The van der Waals surface area contributed by atoms with Crippen LogP contribution < -0.4 is 16.0 Å². The first-order chi connectivity index (χ1) is 13.1. The number of hydrogen-bond acceptors (Lipinski definition) is 5. The number of hydrogen-bond donors (Lipinski definition) is 3. The van der Waals surface area contributed by atoms with Crippen molar-refractivity contribution in [3.05, 3.63) is 52.2 Å². The number of amides is 3. The molecule has 1 aliphatic rings. The molecule has 0 bridgehead atoms. The maximum absolute atomic E-state index is 12.5. The smallest absolute Gasteiger partial charge is 0.319 e. The van der Waals surface area contributed by atoms with Crippen LogP contribution in [0.15, 0.2) is 41.8 Å². The van der Waals surface area contributed by atoms with Crippen LogP contribution >= 0.6 is 22.7 Å². The molecule has 0 unspecified atom stereocenters. The first kappa shape index (κ1) is 17.7. The third-order valence-corrected chi connectivity index (χ3v) is 5.79. The Morgan fingerprint density at radius 1 is 1.15 bits per heavy atom. The number of rotatable bonds is 5.